The summed E-state index contributed by atoms with van der Waals surface area (Å²) in [6.07, 6.45) is 3.68. The zero-order valence-electron chi connectivity index (χ0n) is 17.4. The Morgan fingerprint density at radius 1 is 1.26 bits per heavy atom. The van der Waals surface area contributed by atoms with Crippen LogP contribution in [-0.4, -0.2) is 46.9 Å². The third-order valence-electron chi connectivity index (χ3n) is 5.56. The Morgan fingerprint density at radius 2 is 2.00 bits per heavy atom. The minimum Gasteiger partial charge on any atom is -0.438 e. The van der Waals surface area contributed by atoms with E-state index in [-0.39, 0.29) is 23.3 Å². The molecule has 2 N–H and O–H groups in total. The normalized spacial score (nSPS) is 22.9. The SMILES string of the molecule is CC1(C)CC2(C=C(N)C1=O)CN(C(=O)c1cccnc1Oc1ccc(Cl)cc1)CCO2. The summed E-state index contributed by atoms with van der Waals surface area (Å²) in [7, 11) is 0. The van der Waals surface area contributed by atoms with Gasteiger partial charge in [0, 0.05) is 23.2 Å². The summed E-state index contributed by atoms with van der Waals surface area (Å²) in [4.78, 5) is 31.7. The maximum atomic E-state index is 13.4. The number of Topliss-reactive ketones (excluding diaryl/α,β-unsaturated/α-hetero) is 1. The Hall–Kier alpha value is -2.90. The van der Waals surface area contributed by atoms with Crippen molar-refractivity contribution in [2.75, 3.05) is 19.7 Å². The molecular formula is C23H24ClN3O4. The number of benzene rings is 1. The number of aromatic nitrogens is 1. The molecule has 1 spiro atoms. The van der Waals surface area contributed by atoms with Crippen LogP contribution < -0.4 is 10.5 Å². The van der Waals surface area contributed by atoms with Crippen molar-refractivity contribution < 1.29 is 19.1 Å². The third kappa shape index (κ3) is 4.29. The van der Waals surface area contributed by atoms with Gasteiger partial charge >= 0.3 is 0 Å². The summed E-state index contributed by atoms with van der Waals surface area (Å²) in [6.45, 7) is 4.74. The number of carbonyl (C=O) groups excluding carboxylic acids is 2. The van der Waals surface area contributed by atoms with Crippen LogP contribution in [0.2, 0.25) is 5.02 Å². The second-order valence-electron chi connectivity index (χ2n) is 8.54. The van der Waals surface area contributed by atoms with E-state index in [4.69, 9.17) is 26.8 Å². The first-order valence-electron chi connectivity index (χ1n) is 10.0. The molecular weight excluding hydrogens is 418 g/mol. The Kier molecular flexibility index (Phi) is 5.49. The Labute approximate surface area is 185 Å². The summed E-state index contributed by atoms with van der Waals surface area (Å²) in [5.74, 6) is 0.418. The van der Waals surface area contributed by atoms with E-state index in [0.717, 1.165) is 0 Å². The monoisotopic (exact) mass is 441 g/mol. The lowest BCUT2D eigenvalue weighted by atomic mass is 9.71. The van der Waals surface area contributed by atoms with Crippen molar-refractivity contribution in [3.63, 3.8) is 0 Å². The van der Waals surface area contributed by atoms with Crippen molar-refractivity contribution in [2.24, 2.45) is 11.1 Å². The molecule has 2 aromatic rings. The largest absolute Gasteiger partial charge is 0.438 e. The van der Waals surface area contributed by atoms with Gasteiger partial charge in [-0.2, -0.15) is 0 Å². The van der Waals surface area contributed by atoms with Crippen molar-refractivity contribution in [1.29, 1.82) is 0 Å². The molecule has 1 saturated heterocycles. The molecule has 8 heteroatoms. The molecule has 1 fully saturated rings. The summed E-state index contributed by atoms with van der Waals surface area (Å²) in [6, 6.07) is 10.2. The van der Waals surface area contributed by atoms with Gasteiger partial charge in [-0.05, 0) is 48.9 Å². The van der Waals surface area contributed by atoms with Crippen molar-refractivity contribution >= 4 is 23.3 Å². The van der Waals surface area contributed by atoms with E-state index in [9.17, 15) is 9.59 Å². The molecule has 2 heterocycles. The van der Waals surface area contributed by atoms with Crippen molar-refractivity contribution in [2.45, 2.75) is 25.9 Å². The predicted molar refractivity (Wildman–Crippen MR) is 116 cm³/mol. The number of carbonyl (C=O) groups is 2. The number of hydrogen-bond donors (Lipinski definition) is 1. The Balaban J connectivity index is 1.59. The quantitative estimate of drug-likeness (QED) is 0.782. The fourth-order valence-corrected chi connectivity index (χ4v) is 4.34. The number of rotatable bonds is 3. The summed E-state index contributed by atoms with van der Waals surface area (Å²) >= 11 is 5.93. The van der Waals surface area contributed by atoms with Crippen molar-refractivity contribution in [3.8, 4) is 11.6 Å². The second kappa shape index (κ2) is 7.98. The van der Waals surface area contributed by atoms with Crippen LogP contribution in [0.25, 0.3) is 0 Å². The van der Waals surface area contributed by atoms with Crippen LogP contribution in [0, 0.1) is 5.41 Å². The van der Waals surface area contributed by atoms with Gasteiger partial charge in [0.25, 0.3) is 5.91 Å². The van der Waals surface area contributed by atoms with E-state index in [1.165, 1.54) is 0 Å². The maximum absolute atomic E-state index is 13.4. The van der Waals surface area contributed by atoms with E-state index >= 15 is 0 Å². The fraction of sp³-hybridized carbons (Fsp3) is 0.348. The van der Waals surface area contributed by atoms with Crippen molar-refractivity contribution in [3.05, 3.63) is 65.0 Å². The third-order valence-corrected chi connectivity index (χ3v) is 5.81. The summed E-state index contributed by atoms with van der Waals surface area (Å²) in [5.41, 5.74) is 5.06. The molecule has 1 amide bonds. The van der Waals surface area contributed by atoms with Gasteiger partial charge in [-0.1, -0.05) is 25.4 Å². The van der Waals surface area contributed by atoms with Crippen LogP contribution in [-0.2, 0) is 9.53 Å². The Morgan fingerprint density at radius 3 is 2.71 bits per heavy atom. The molecule has 1 unspecified atom stereocenters. The molecule has 0 radical (unpaired) electrons. The zero-order chi connectivity index (χ0) is 22.2. The highest BCUT2D eigenvalue weighted by atomic mass is 35.5. The van der Waals surface area contributed by atoms with Gasteiger partial charge in [-0.25, -0.2) is 4.98 Å². The first-order valence-corrected chi connectivity index (χ1v) is 10.4. The van der Waals surface area contributed by atoms with Gasteiger partial charge in [0.2, 0.25) is 5.88 Å². The minimum atomic E-state index is -0.797. The van der Waals surface area contributed by atoms with E-state index < -0.39 is 11.0 Å². The summed E-state index contributed by atoms with van der Waals surface area (Å²) in [5, 5.41) is 0.588. The highest BCUT2D eigenvalue weighted by Crippen LogP contribution is 2.40. The number of hydrogen-bond acceptors (Lipinski definition) is 6. The predicted octanol–water partition coefficient (Wildman–Crippen LogP) is 3.58. The lowest BCUT2D eigenvalue weighted by Crippen LogP contribution is -2.57. The lowest BCUT2D eigenvalue weighted by Gasteiger charge is -2.46. The average molecular weight is 442 g/mol. The molecule has 0 saturated carbocycles. The van der Waals surface area contributed by atoms with Gasteiger partial charge in [0.1, 0.15) is 16.9 Å². The van der Waals surface area contributed by atoms with Crippen LogP contribution in [0.4, 0.5) is 0 Å². The van der Waals surface area contributed by atoms with Gasteiger partial charge in [0.05, 0.1) is 18.8 Å². The van der Waals surface area contributed by atoms with Crippen molar-refractivity contribution in [1.82, 2.24) is 9.88 Å². The van der Waals surface area contributed by atoms with E-state index in [1.807, 2.05) is 13.8 Å². The van der Waals surface area contributed by atoms with E-state index in [2.05, 4.69) is 4.98 Å². The van der Waals surface area contributed by atoms with Crippen LogP contribution in [0.15, 0.2) is 54.4 Å². The first-order chi connectivity index (χ1) is 14.7. The van der Waals surface area contributed by atoms with Gasteiger partial charge < -0.3 is 20.1 Å². The number of halogens is 1. The molecule has 0 bridgehead atoms. The maximum Gasteiger partial charge on any atom is 0.259 e. The fourth-order valence-electron chi connectivity index (χ4n) is 4.21. The molecule has 1 aromatic carbocycles. The molecule has 162 valence electrons. The second-order valence-corrected chi connectivity index (χ2v) is 8.98. The minimum absolute atomic E-state index is 0.101. The topological polar surface area (TPSA) is 94.8 Å². The zero-order valence-corrected chi connectivity index (χ0v) is 18.2. The number of nitrogens with two attached hydrogens (primary N) is 1. The number of allylic oxidation sites excluding steroid dienone is 1. The highest BCUT2D eigenvalue weighted by Gasteiger charge is 2.48. The number of ether oxygens (including phenoxy) is 2. The molecule has 1 aliphatic carbocycles. The molecule has 1 aliphatic heterocycles. The molecule has 1 atom stereocenters. The lowest BCUT2D eigenvalue weighted by molar-refractivity contribution is -0.135. The smallest absolute Gasteiger partial charge is 0.259 e. The first kappa shape index (κ1) is 21.3. The van der Waals surface area contributed by atoms with Gasteiger partial charge in [0.15, 0.2) is 5.78 Å². The Bertz CT molecular complexity index is 1050. The van der Waals surface area contributed by atoms with Gasteiger partial charge in [-0.3, -0.25) is 9.59 Å². The summed E-state index contributed by atoms with van der Waals surface area (Å²) < 4.78 is 11.9. The molecule has 31 heavy (non-hydrogen) atoms. The number of nitrogens with zero attached hydrogens (tertiary/aromatic N) is 2. The number of ketones is 1. The van der Waals surface area contributed by atoms with Crippen LogP contribution in [0.5, 0.6) is 11.6 Å². The van der Waals surface area contributed by atoms with E-state index in [0.29, 0.717) is 42.5 Å². The number of pyridine rings is 1. The van der Waals surface area contributed by atoms with Crippen LogP contribution in [0.1, 0.15) is 30.6 Å². The van der Waals surface area contributed by atoms with E-state index in [1.54, 1.807) is 53.6 Å². The number of morpholine rings is 1. The average Bonchev–Trinajstić information content (AvgIpc) is 2.73. The molecule has 7 nitrogen and oxygen atoms in total. The standard InChI is InChI=1S/C23H24ClN3O4/c1-22(2)13-23(12-18(25)19(22)28)14-27(10-11-30-23)21(29)17-4-3-9-26-20(17)31-16-7-5-15(24)6-8-16/h3-9,12H,10-11,13-14,25H2,1-2H3. The molecule has 1 aromatic heterocycles. The molecule has 2 aliphatic rings. The highest BCUT2D eigenvalue weighted by molar-refractivity contribution is 6.30. The van der Waals surface area contributed by atoms with Gasteiger partial charge in [-0.15, -0.1) is 0 Å². The van der Waals surface area contributed by atoms with Crippen LogP contribution in [0.3, 0.4) is 0 Å². The van der Waals surface area contributed by atoms with Crippen LogP contribution >= 0.6 is 11.6 Å². The number of amides is 1. The molecule has 4 rings (SSSR count).